The fraction of sp³-hybridized carbons (Fsp3) is 0.200. The van der Waals surface area contributed by atoms with Crippen LogP contribution in [-0.2, 0) is 0 Å². The highest BCUT2D eigenvalue weighted by Crippen LogP contribution is 2.26. The minimum absolute atomic E-state index is 0.113. The van der Waals surface area contributed by atoms with Crippen LogP contribution in [-0.4, -0.2) is 16.1 Å². The highest BCUT2D eigenvalue weighted by Gasteiger charge is 2.12. The van der Waals surface area contributed by atoms with E-state index in [0.717, 1.165) is 0 Å². The number of nitro benzene ring substituents is 1. The Morgan fingerprint density at radius 2 is 2.27 bits per heavy atom. The summed E-state index contributed by atoms with van der Waals surface area (Å²) in [6, 6.07) is 4.06. The Kier molecular flexibility index (Phi) is 3.41. The largest absolute Gasteiger partial charge is 0.502 e. The Hall–Kier alpha value is -1.88. The van der Waals surface area contributed by atoms with E-state index < -0.39 is 4.92 Å². The maximum Gasteiger partial charge on any atom is 0.311 e. The topological polar surface area (TPSA) is 89.4 Å². The molecule has 0 spiro atoms. The molecule has 1 unspecified atom stereocenters. The molecule has 1 aromatic carbocycles. The lowest BCUT2D eigenvalue weighted by Gasteiger charge is -1.98. The minimum Gasteiger partial charge on any atom is -0.502 e. The lowest BCUT2D eigenvalue weighted by molar-refractivity contribution is -0.385. The zero-order chi connectivity index (χ0) is 11.4. The van der Waals surface area contributed by atoms with Crippen molar-refractivity contribution < 1.29 is 10.0 Å². The SMILES string of the molecule is CC(N)/C=C/c1ccc(O)c([N+](=O)[O-])c1. The van der Waals surface area contributed by atoms with E-state index in [1.54, 1.807) is 25.1 Å². The average Bonchev–Trinajstić information content (AvgIpc) is 2.16. The van der Waals surface area contributed by atoms with Gasteiger partial charge in [-0.1, -0.05) is 18.2 Å². The van der Waals surface area contributed by atoms with Gasteiger partial charge < -0.3 is 10.8 Å². The van der Waals surface area contributed by atoms with Crippen LogP contribution in [0.2, 0.25) is 0 Å². The molecule has 5 nitrogen and oxygen atoms in total. The van der Waals surface area contributed by atoms with Gasteiger partial charge in [-0.25, -0.2) is 0 Å². The highest BCUT2D eigenvalue weighted by atomic mass is 16.6. The molecule has 1 aromatic rings. The lowest BCUT2D eigenvalue weighted by Crippen LogP contribution is -2.09. The molecule has 3 N–H and O–H groups in total. The number of benzene rings is 1. The Bertz CT molecular complexity index is 400. The first-order chi connectivity index (χ1) is 7.00. The molecule has 0 saturated heterocycles. The lowest BCUT2D eigenvalue weighted by atomic mass is 10.1. The van der Waals surface area contributed by atoms with E-state index in [1.165, 1.54) is 12.1 Å². The van der Waals surface area contributed by atoms with Crippen molar-refractivity contribution in [2.45, 2.75) is 13.0 Å². The van der Waals surface area contributed by atoms with Gasteiger partial charge in [0, 0.05) is 12.1 Å². The predicted octanol–water partition coefficient (Wildman–Crippen LogP) is 1.66. The molecule has 80 valence electrons. The smallest absolute Gasteiger partial charge is 0.311 e. The van der Waals surface area contributed by atoms with Crippen molar-refractivity contribution in [3.63, 3.8) is 0 Å². The fourth-order valence-electron chi connectivity index (χ4n) is 1.05. The Morgan fingerprint density at radius 1 is 1.60 bits per heavy atom. The summed E-state index contributed by atoms with van der Waals surface area (Å²) >= 11 is 0. The van der Waals surface area contributed by atoms with Gasteiger partial charge in [0.1, 0.15) is 0 Å². The van der Waals surface area contributed by atoms with E-state index >= 15 is 0 Å². The molecule has 1 rings (SSSR count). The Labute approximate surface area is 87.0 Å². The molecule has 0 amide bonds. The normalized spacial score (nSPS) is 12.9. The van der Waals surface area contributed by atoms with Crippen molar-refractivity contribution in [1.29, 1.82) is 0 Å². The summed E-state index contributed by atoms with van der Waals surface area (Å²) in [7, 11) is 0. The summed E-state index contributed by atoms with van der Waals surface area (Å²) in [5, 5.41) is 19.7. The second kappa shape index (κ2) is 4.56. The molecule has 0 aliphatic heterocycles. The molecule has 0 radical (unpaired) electrons. The van der Waals surface area contributed by atoms with Crippen LogP contribution in [0.5, 0.6) is 5.75 Å². The van der Waals surface area contributed by atoms with Gasteiger partial charge in [0.2, 0.25) is 0 Å². The zero-order valence-electron chi connectivity index (χ0n) is 8.25. The number of nitrogens with zero attached hydrogens (tertiary/aromatic N) is 1. The number of nitro groups is 1. The number of nitrogens with two attached hydrogens (primary N) is 1. The monoisotopic (exact) mass is 208 g/mol. The summed E-state index contributed by atoms with van der Waals surface area (Å²) in [6.07, 6.45) is 3.40. The van der Waals surface area contributed by atoms with Crippen LogP contribution in [0, 0.1) is 10.1 Å². The number of phenolic OH excluding ortho intramolecular Hbond substituents is 1. The van der Waals surface area contributed by atoms with Gasteiger partial charge in [0.05, 0.1) is 4.92 Å². The number of rotatable bonds is 3. The maximum atomic E-state index is 10.5. The van der Waals surface area contributed by atoms with Gasteiger partial charge in [0.15, 0.2) is 5.75 Å². The van der Waals surface area contributed by atoms with E-state index in [9.17, 15) is 15.2 Å². The molecule has 5 heteroatoms. The quantitative estimate of drug-likeness (QED) is 0.584. The standard InChI is InChI=1S/C10H12N2O3/c1-7(11)2-3-8-4-5-10(13)9(6-8)12(14)15/h2-7,13H,11H2,1H3/b3-2+. The van der Waals surface area contributed by atoms with Crippen LogP contribution < -0.4 is 5.73 Å². The van der Waals surface area contributed by atoms with Crippen LogP contribution in [0.3, 0.4) is 0 Å². The second-order valence-corrected chi connectivity index (χ2v) is 3.22. The molecule has 0 fully saturated rings. The molecule has 1 atom stereocenters. The van der Waals surface area contributed by atoms with Crippen molar-refractivity contribution in [3.8, 4) is 5.75 Å². The summed E-state index contributed by atoms with van der Waals surface area (Å²) in [5.74, 6) is -0.335. The van der Waals surface area contributed by atoms with Crippen LogP contribution >= 0.6 is 0 Å². The number of hydrogen-bond acceptors (Lipinski definition) is 4. The molecule has 0 heterocycles. The van der Waals surface area contributed by atoms with E-state index in [1.807, 2.05) is 0 Å². The van der Waals surface area contributed by atoms with Gasteiger partial charge in [-0.15, -0.1) is 0 Å². The zero-order valence-corrected chi connectivity index (χ0v) is 8.25. The molecular formula is C10H12N2O3. The van der Waals surface area contributed by atoms with E-state index in [0.29, 0.717) is 5.56 Å². The van der Waals surface area contributed by atoms with Crippen molar-refractivity contribution >= 4 is 11.8 Å². The molecule has 15 heavy (non-hydrogen) atoms. The van der Waals surface area contributed by atoms with Gasteiger partial charge >= 0.3 is 5.69 Å². The molecule has 0 aliphatic carbocycles. The third-order valence-electron chi connectivity index (χ3n) is 1.79. The third-order valence-corrected chi connectivity index (χ3v) is 1.79. The predicted molar refractivity (Wildman–Crippen MR) is 57.4 cm³/mol. The van der Waals surface area contributed by atoms with Gasteiger partial charge in [-0.05, 0) is 18.6 Å². The van der Waals surface area contributed by atoms with Gasteiger partial charge in [-0.3, -0.25) is 10.1 Å². The first-order valence-electron chi connectivity index (χ1n) is 4.42. The van der Waals surface area contributed by atoms with Gasteiger partial charge in [-0.2, -0.15) is 0 Å². The van der Waals surface area contributed by atoms with Crippen molar-refractivity contribution in [2.75, 3.05) is 0 Å². The summed E-state index contributed by atoms with van der Waals surface area (Å²) in [5.41, 5.74) is 5.83. The average molecular weight is 208 g/mol. The van der Waals surface area contributed by atoms with Crippen molar-refractivity contribution in [1.82, 2.24) is 0 Å². The van der Waals surface area contributed by atoms with E-state index in [4.69, 9.17) is 5.73 Å². The Morgan fingerprint density at radius 3 is 2.80 bits per heavy atom. The molecule has 0 aromatic heterocycles. The maximum absolute atomic E-state index is 10.5. The fourth-order valence-corrected chi connectivity index (χ4v) is 1.05. The summed E-state index contributed by atoms with van der Waals surface area (Å²) in [6.45, 7) is 1.80. The van der Waals surface area contributed by atoms with E-state index in [2.05, 4.69) is 0 Å². The van der Waals surface area contributed by atoms with Gasteiger partial charge in [0.25, 0.3) is 0 Å². The van der Waals surface area contributed by atoms with E-state index in [-0.39, 0.29) is 17.5 Å². The minimum atomic E-state index is -0.626. The number of phenols is 1. The summed E-state index contributed by atoms with van der Waals surface area (Å²) in [4.78, 5) is 9.88. The van der Waals surface area contributed by atoms with Crippen LogP contribution in [0.25, 0.3) is 6.08 Å². The van der Waals surface area contributed by atoms with Crippen molar-refractivity contribution in [2.24, 2.45) is 5.73 Å². The summed E-state index contributed by atoms with van der Waals surface area (Å²) < 4.78 is 0. The van der Waals surface area contributed by atoms with Crippen LogP contribution in [0.15, 0.2) is 24.3 Å². The first kappa shape index (κ1) is 11.2. The Balaban J connectivity index is 3.03. The first-order valence-corrected chi connectivity index (χ1v) is 4.42. The molecule has 0 aliphatic rings. The molecule has 0 saturated carbocycles. The molecular weight excluding hydrogens is 196 g/mol. The van der Waals surface area contributed by atoms with Crippen LogP contribution in [0.1, 0.15) is 12.5 Å². The number of hydrogen-bond donors (Lipinski definition) is 2. The molecule has 0 bridgehead atoms. The van der Waals surface area contributed by atoms with Crippen LogP contribution in [0.4, 0.5) is 5.69 Å². The second-order valence-electron chi connectivity index (χ2n) is 3.22. The number of aromatic hydroxyl groups is 1. The van der Waals surface area contributed by atoms with Crippen molar-refractivity contribution in [3.05, 3.63) is 40.0 Å². The third kappa shape index (κ3) is 3.07. The highest BCUT2D eigenvalue weighted by molar-refractivity contribution is 5.58.